The molecule has 0 aromatic heterocycles. The molecule has 0 aliphatic carbocycles. The van der Waals surface area contributed by atoms with Crippen LogP contribution in [0.15, 0.2) is 84.9 Å². The summed E-state index contributed by atoms with van der Waals surface area (Å²) in [6.07, 6.45) is 10.4. The molecule has 5 nitrogen and oxygen atoms in total. The van der Waals surface area contributed by atoms with Crippen LogP contribution >= 0.6 is 11.8 Å². The molecule has 0 aliphatic rings. The number of aryl methyl sites for hydroxylation is 1. The molecule has 0 heterocycles. The third-order valence-electron chi connectivity index (χ3n) is 6.46. The average molecular weight is 547 g/mol. The highest BCUT2D eigenvalue weighted by molar-refractivity contribution is 7.99. The number of carbonyl (C=O) groups is 2. The smallest absolute Gasteiger partial charge is 0.335 e. The third-order valence-corrected chi connectivity index (χ3v) is 7.42. The van der Waals surface area contributed by atoms with Gasteiger partial charge < -0.3 is 14.6 Å². The SMILES string of the molecule is COC(=O)CSCCC(C=Cc1ccccc1OCCCCCc1ccccc1)Cc1ccc(C(=O)O)cc1. The van der Waals surface area contributed by atoms with Crippen molar-refractivity contribution < 1.29 is 24.2 Å². The molecule has 0 saturated heterocycles. The maximum atomic E-state index is 11.5. The molecule has 0 bridgehead atoms. The van der Waals surface area contributed by atoms with E-state index in [4.69, 9.17) is 9.47 Å². The largest absolute Gasteiger partial charge is 0.493 e. The molecule has 0 saturated carbocycles. The third kappa shape index (κ3) is 11.4. The van der Waals surface area contributed by atoms with E-state index in [0.717, 1.165) is 61.2 Å². The number of carboxylic acids is 1. The minimum absolute atomic E-state index is 0.219. The first-order valence-electron chi connectivity index (χ1n) is 13.5. The van der Waals surface area contributed by atoms with Gasteiger partial charge in [0.1, 0.15) is 5.75 Å². The van der Waals surface area contributed by atoms with Crippen LogP contribution < -0.4 is 4.74 Å². The van der Waals surface area contributed by atoms with E-state index < -0.39 is 5.97 Å². The van der Waals surface area contributed by atoms with Crippen LogP contribution in [-0.4, -0.2) is 42.3 Å². The van der Waals surface area contributed by atoms with Gasteiger partial charge in [0.25, 0.3) is 0 Å². The van der Waals surface area contributed by atoms with Gasteiger partial charge in [0.15, 0.2) is 0 Å². The van der Waals surface area contributed by atoms with E-state index in [1.165, 1.54) is 12.7 Å². The average Bonchev–Trinajstić information content (AvgIpc) is 2.96. The fourth-order valence-electron chi connectivity index (χ4n) is 4.23. The van der Waals surface area contributed by atoms with Gasteiger partial charge in [-0.2, -0.15) is 11.8 Å². The van der Waals surface area contributed by atoms with Crippen LogP contribution in [0.3, 0.4) is 0 Å². The fourth-order valence-corrected chi connectivity index (χ4v) is 5.12. The highest BCUT2D eigenvalue weighted by Crippen LogP contribution is 2.24. The van der Waals surface area contributed by atoms with Crippen molar-refractivity contribution >= 4 is 29.8 Å². The predicted octanol–water partition coefficient (Wildman–Crippen LogP) is 7.35. The number of allylic oxidation sites excluding steroid dienone is 1. The number of unbranched alkanes of at least 4 members (excludes halogenated alkanes) is 2. The van der Waals surface area contributed by atoms with Crippen LogP contribution in [0.25, 0.3) is 6.08 Å². The van der Waals surface area contributed by atoms with E-state index in [0.29, 0.717) is 12.4 Å². The van der Waals surface area contributed by atoms with Gasteiger partial charge in [-0.3, -0.25) is 4.79 Å². The lowest BCUT2D eigenvalue weighted by Gasteiger charge is -2.14. The quantitative estimate of drug-likeness (QED) is 0.141. The summed E-state index contributed by atoms with van der Waals surface area (Å²) in [5.41, 5.74) is 3.78. The number of methoxy groups -OCH3 is 1. The number of benzene rings is 3. The van der Waals surface area contributed by atoms with Gasteiger partial charge in [-0.15, -0.1) is 0 Å². The maximum absolute atomic E-state index is 11.5. The number of carboxylic acid groups (broad SMARTS) is 1. The zero-order chi connectivity index (χ0) is 27.7. The molecule has 3 rings (SSSR count). The Labute approximate surface area is 236 Å². The van der Waals surface area contributed by atoms with Crippen molar-refractivity contribution in [2.75, 3.05) is 25.2 Å². The Morgan fingerprint density at radius 2 is 1.64 bits per heavy atom. The second-order valence-corrected chi connectivity index (χ2v) is 10.5. The fraction of sp³-hybridized carbons (Fsp3) is 0.333. The van der Waals surface area contributed by atoms with Crippen molar-refractivity contribution in [3.05, 3.63) is 107 Å². The van der Waals surface area contributed by atoms with Crippen molar-refractivity contribution in [1.29, 1.82) is 0 Å². The number of aromatic carboxylic acids is 1. The van der Waals surface area contributed by atoms with E-state index >= 15 is 0 Å². The summed E-state index contributed by atoms with van der Waals surface area (Å²) in [5.74, 6) is 1.10. The van der Waals surface area contributed by atoms with Crippen molar-refractivity contribution in [2.45, 2.75) is 38.5 Å². The van der Waals surface area contributed by atoms with Crippen LogP contribution in [0.2, 0.25) is 0 Å². The number of thioether (sulfide) groups is 1. The molecule has 0 spiro atoms. The number of hydrogen-bond donors (Lipinski definition) is 1. The summed E-state index contributed by atoms with van der Waals surface area (Å²) < 4.78 is 10.9. The summed E-state index contributed by atoms with van der Waals surface area (Å²) in [6, 6.07) is 25.7. The van der Waals surface area contributed by atoms with E-state index in [1.807, 2.05) is 36.4 Å². The van der Waals surface area contributed by atoms with Gasteiger partial charge in [0.2, 0.25) is 0 Å². The monoisotopic (exact) mass is 546 g/mol. The summed E-state index contributed by atoms with van der Waals surface area (Å²) in [6.45, 7) is 0.684. The van der Waals surface area contributed by atoms with Crippen LogP contribution in [0.5, 0.6) is 5.75 Å². The van der Waals surface area contributed by atoms with E-state index in [-0.39, 0.29) is 17.5 Å². The van der Waals surface area contributed by atoms with Crippen LogP contribution in [-0.2, 0) is 22.4 Å². The number of hydrogen-bond acceptors (Lipinski definition) is 5. The molecule has 0 radical (unpaired) electrons. The van der Waals surface area contributed by atoms with Crippen molar-refractivity contribution in [3.8, 4) is 5.75 Å². The highest BCUT2D eigenvalue weighted by atomic mass is 32.2. The molecule has 0 aliphatic heterocycles. The lowest BCUT2D eigenvalue weighted by Crippen LogP contribution is -2.07. The number of esters is 1. The van der Waals surface area contributed by atoms with Gasteiger partial charge in [-0.05, 0) is 79.5 Å². The summed E-state index contributed by atoms with van der Waals surface area (Å²) in [5, 5.41) is 9.19. The van der Waals surface area contributed by atoms with Crippen LogP contribution in [0, 0.1) is 5.92 Å². The van der Waals surface area contributed by atoms with Gasteiger partial charge in [-0.1, -0.05) is 72.8 Å². The Morgan fingerprint density at radius 3 is 2.38 bits per heavy atom. The van der Waals surface area contributed by atoms with Crippen molar-refractivity contribution in [3.63, 3.8) is 0 Å². The Morgan fingerprint density at radius 1 is 0.897 bits per heavy atom. The van der Waals surface area contributed by atoms with Crippen molar-refractivity contribution in [2.24, 2.45) is 5.92 Å². The molecule has 39 heavy (non-hydrogen) atoms. The molecule has 3 aromatic rings. The number of carbonyl (C=O) groups excluding carboxylic acids is 1. The molecule has 1 N–H and O–H groups in total. The van der Waals surface area contributed by atoms with Crippen LogP contribution in [0.1, 0.15) is 52.7 Å². The lowest BCUT2D eigenvalue weighted by molar-refractivity contribution is -0.137. The number of rotatable bonds is 17. The molecule has 0 fully saturated rings. The van der Waals surface area contributed by atoms with E-state index in [1.54, 1.807) is 23.9 Å². The zero-order valence-electron chi connectivity index (χ0n) is 22.6. The topological polar surface area (TPSA) is 72.8 Å². The first kappa shape index (κ1) is 30.0. The first-order chi connectivity index (χ1) is 19.0. The number of ether oxygens (including phenoxy) is 2. The van der Waals surface area contributed by atoms with Crippen LogP contribution in [0.4, 0.5) is 0 Å². The Kier molecular flexibility index (Phi) is 13.2. The zero-order valence-corrected chi connectivity index (χ0v) is 23.4. The summed E-state index contributed by atoms with van der Waals surface area (Å²) >= 11 is 1.56. The lowest BCUT2D eigenvalue weighted by atomic mass is 9.95. The summed E-state index contributed by atoms with van der Waals surface area (Å²) in [4.78, 5) is 22.7. The minimum atomic E-state index is -0.926. The molecule has 6 heteroatoms. The van der Waals surface area contributed by atoms with E-state index in [2.05, 4.69) is 42.5 Å². The van der Waals surface area contributed by atoms with Gasteiger partial charge >= 0.3 is 11.9 Å². The molecular formula is C33H38O5S. The maximum Gasteiger partial charge on any atom is 0.335 e. The Bertz CT molecular complexity index is 1170. The molecule has 206 valence electrons. The second kappa shape index (κ2) is 17.2. The molecule has 0 amide bonds. The molecule has 1 atom stereocenters. The van der Waals surface area contributed by atoms with E-state index in [9.17, 15) is 14.7 Å². The van der Waals surface area contributed by atoms with Gasteiger partial charge in [0.05, 0.1) is 25.0 Å². The molecule has 3 aromatic carbocycles. The standard InChI is InChI=1S/C33H38O5S/c1-37-32(34)25-39-23-21-28(24-27-16-19-30(20-17-27)33(35)36)15-18-29-13-7-8-14-31(29)38-22-9-3-6-12-26-10-4-2-5-11-26/h2,4-5,7-8,10-11,13-20,28H,3,6,9,12,21-25H2,1H3,(H,35,36). The Balaban J connectivity index is 1.56. The summed E-state index contributed by atoms with van der Waals surface area (Å²) in [7, 11) is 1.40. The molecule has 1 unspecified atom stereocenters. The first-order valence-corrected chi connectivity index (χ1v) is 14.6. The Hall–Kier alpha value is -3.51. The highest BCUT2D eigenvalue weighted by Gasteiger charge is 2.10. The van der Waals surface area contributed by atoms with Crippen molar-refractivity contribution in [1.82, 2.24) is 0 Å². The van der Waals surface area contributed by atoms with Gasteiger partial charge in [-0.25, -0.2) is 4.79 Å². The number of para-hydroxylation sites is 1. The van der Waals surface area contributed by atoms with Gasteiger partial charge in [0, 0.05) is 5.56 Å². The molecular weight excluding hydrogens is 508 g/mol. The normalized spacial score (nSPS) is 11.8. The minimum Gasteiger partial charge on any atom is -0.493 e. The second-order valence-electron chi connectivity index (χ2n) is 9.43. The predicted molar refractivity (Wildman–Crippen MR) is 160 cm³/mol.